The lowest BCUT2D eigenvalue weighted by molar-refractivity contribution is 0.356. The van der Waals surface area contributed by atoms with Crippen LogP contribution in [0.4, 0.5) is 0 Å². The van der Waals surface area contributed by atoms with Gasteiger partial charge in [0.25, 0.3) is 0 Å². The van der Waals surface area contributed by atoms with Crippen LogP contribution >= 0.6 is 11.8 Å². The highest BCUT2D eigenvalue weighted by atomic mass is 32.2. The van der Waals surface area contributed by atoms with Crippen molar-refractivity contribution in [3.05, 3.63) is 48.7 Å². The minimum absolute atomic E-state index is 0.714. The van der Waals surface area contributed by atoms with E-state index in [0.717, 1.165) is 27.8 Å². The Hall–Kier alpha value is -2.20. The van der Waals surface area contributed by atoms with E-state index in [1.54, 1.807) is 26.0 Å². The Morgan fingerprint density at radius 3 is 2.41 bits per heavy atom. The Morgan fingerprint density at radius 1 is 0.955 bits per heavy atom. The van der Waals surface area contributed by atoms with Crippen molar-refractivity contribution in [1.82, 2.24) is 4.98 Å². The van der Waals surface area contributed by atoms with Gasteiger partial charge in [0.05, 0.1) is 19.9 Å². The Kier molecular flexibility index (Phi) is 4.20. The van der Waals surface area contributed by atoms with Gasteiger partial charge < -0.3 is 9.47 Å². The van der Waals surface area contributed by atoms with E-state index in [1.807, 2.05) is 36.5 Å². The molecule has 0 radical (unpaired) electrons. The van der Waals surface area contributed by atoms with Crippen LogP contribution in [0, 0.1) is 0 Å². The molecule has 0 saturated heterocycles. The van der Waals surface area contributed by atoms with E-state index in [0.29, 0.717) is 5.75 Å². The maximum absolute atomic E-state index is 5.43. The zero-order chi connectivity index (χ0) is 15.5. The molecular weight excluding hydrogens is 294 g/mol. The minimum Gasteiger partial charge on any atom is -0.493 e. The molecule has 22 heavy (non-hydrogen) atoms. The Morgan fingerprint density at radius 2 is 1.68 bits per heavy atom. The second-order valence-electron chi connectivity index (χ2n) is 4.79. The van der Waals surface area contributed by atoms with Crippen LogP contribution in [-0.2, 0) is 0 Å². The van der Waals surface area contributed by atoms with Crippen LogP contribution in [0.2, 0.25) is 0 Å². The van der Waals surface area contributed by atoms with Gasteiger partial charge in [-0.1, -0.05) is 18.2 Å². The molecule has 3 nitrogen and oxygen atoms in total. The molecule has 3 rings (SSSR count). The van der Waals surface area contributed by atoms with Gasteiger partial charge in [-0.25, -0.2) is 0 Å². The van der Waals surface area contributed by atoms with Gasteiger partial charge in [0.1, 0.15) is 0 Å². The third-order valence-corrected chi connectivity index (χ3v) is 4.43. The predicted molar refractivity (Wildman–Crippen MR) is 92.1 cm³/mol. The van der Waals surface area contributed by atoms with Crippen molar-refractivity contribution in [2.75, 3.05) is 20.5 Å². The molecule has 0 spiro atoms. The summed E-state index contributed by atoms with van der Waals surface area (Å²) in [5, 5.41) is 2.14. The van der Waals surface area contributed by atoms with E-state index in [2.05, 4.69) is 23.4 Å². The van der Waals surface area contributed by atoms with E-state index in [1.165, 1.54) is 4.90 Å². The third-order valence-electron chi connectivity index (χ3n) is 3.63. The molecule has 112 valence electrons. The van der Waals surface area contributed by atoms with E-state index in [9.17, 15) is 0 Å². The molecule has 1 heterocycles. The number of ether oxygens (including phenoxy) is 2. The van der Waals surface area contributed by atoms with Crippen molar-refractivity contribution < 1.29 is 9.47 Å². The lowest BCUT2D eigenvalue weighted by Crippen LogP contribution is -1.93. The lowest BCUT2D eigenvalue weighted by atomic mass is 10.0. The molecular formula is C18H17NO2S. The molecule has 0 unspecified atom stereocenters. The zero-order valence-electron chi connectivity index (χ0n) is 12.8. The first-order valence-corrected chi connectivity index (χ1v) is 8.15. The van der Waals surface area contributed by atoms with Crippen LogP contribution in [-0.4, -0.2) is 25.5 Å². The monoisotopic (exact) mass is 311 g/mol. The number of benzene rings is 2. The van der Waals surface area contributed by atoms with Crippen LogP contribution in [0.1, 0.15) is 0 Å². The van der Waals surface area contributed by atoms with Gasteiger partial charge in [-0.05, 0) is 35.9 Å². The number of thioether (sulfide) groups is 1. The number of fused-ring (bicyclic) bond motifs is 1. The van der Waals surface area contributed by atoms with Gasteiger partial charge >= 0.3 is 0 Å². The average Bonchev–Trinajstić information content (AvgIpc) is 2.59. The first kappa shape index (κ1) is 14.7. The molecule has 0 bridgehead atoms. The van der Waals surface area contributed by atoms with Crippen molar-refractivity contribution in [2.24, 2.45) is 0 Å². The summed E-state index contributed by atoms with van der Waals surface area (Å²) in [6, 6.07) is 14.3. The summed E-state index contributed by atoms with van der Waals surface area (Å²) in [5.74, 6) is 1.44. The topological polar surface area (TPSA) is 31.4 Å². The summed E-state index contributed by atoms with van der Waals surface area (Å²) >= 11 is 1.72. The van der Waals surface area contributed by atoms with Crippen molar-refractivity contribution in [3.63, 3.8) is 0 Å². The summed E-state index contributed by atoms with van der Waals surface area (Å²) in [7, 11) is 3.30. The fraction of sp³-hybridized carbons (Fsp3) is 0.167. The smallest absolute Gasteiger partial charge is 0.161 e. The molecule has 1 aromatic heterocycles. The number of methoxy groups -OCH3 is 2. The normalized spacial score (nSPS) is 10.7. The van der Waals surface area contributed by atoms with Crippen molar-refractivity contribution in [3.8, 4) is 22.8 Å². The van der Waals surface area contributed by atoms with Crippen LogP contribution in [0.15, 0.2) is 53.6 Å². The van der Waals surface area contributed by atoms with Gasteiger partial charge in [0.2, 0.25) is 0 Å². The molecule has 0 amide bonds. The van der Waals surface area contributed by atoms with E-state index in [-0.39, 0.29) is 0 Å². The van der Waals surface area contributed by atoms with Crippen LogP contribution in [0.5, 0.6) is 11.5 Å². The van der Waals surface area contributed by atoms with Crippen LogP contribution < -0.4 is 9.47 Å². The molecule has 0 aliphatic heterocycles. The summed E-state index contributed by atoms with van der Waals surface area (Å²) in [6.07, 6.45) is 3.91. The molecule has 0 aliphatic carbocycles. The summed E-state index contributed by atoms with van der Waals surface area (Å²) in [6.45, 7) is 0. The molecule has 0 saturated carbocycles. The fourth-order valence-electron chi connectivity index (χ4n) is 2.55. The second-order valence-corrected chi connectivity index (χ2v) is 5.64. The molecule has 4 heteroatoms. The fourth-order valence-corrected chi connectivity index (χ4v) is 3.15. The van der Waals surface area contributed by atoms with Gasteiger partial charge in [0.15, 0.2) is 11.5 Å². The van der Waals surface area contributed by atoms with Gasteiger partial charge in [-0.2, -0.15) is 0 Å². The summed E-state index contributed by atoms with van der Waals surface area (Å²) in [4.78, 5) is 5.81. The largest absolute Gasteiger partial charge is 0.493 e. The number of rotatable bonds is 4. The number of hydrogen-bond donors (Lipinski definition) is 0. The third kappa shape index (κ3) is 2.50. The van der Waals surface area contributed by atoms with E-state index >= 15 is 0 Å². The average molecular weight is 311 g/mol. The van der Waals surface area contributed by atoms with E-state index in [4.69, 9.17) is 9.47 Å². The lowest BCUT2D eigenvalue weighted by Gasteiger charge is -2.13. The first-order valence-electron chi connectivity index (χ1n) is 6.92. The SMILES string of the molecule is COc1cc2ccnc(-c3ccccc3SC)c2cc1OC. The van der Waals surface area contributed by atoms with Crippen molar-refractivity contribution in [1.29, 1.82) is 0 Å². The quantitative estimate of drug-likeness (QED) is 0.657. The number of nitrogens with zero attached hydrogens (tertiary/aromatic N) is 1. The highest BCUT2D eigenvalue weighted by molar-refractivity contribution is 7.98. The Balaban J connectivity index is 2.30. The van der Waals surface area contributed by atoms with Crippen molar-refractivity contribution >= 4 is 22.5 Å². The number of pyridine rings is 1. The maximum Gasteiger partial charge on any atom is 0.161 e. The van der Waals surface area contributed by atoms with Crippen LogP contribution in [0.3, 0.4) is 0 Å². The molecule has 0 aliphatic rings. The number of aromatic nitrogens is 1. The Labute approximate surface area is 134 Å². The van der Waals surface area contributed by atoms with Gasteiger partial charge in [-0.3, -0.25) is 4.98 Å². The first-order chi connectivity index (χ1) is 10.8. The van der Waals surface area contributed by atoms with Crippen LogP contribution in [0.25, 0.3) is 22.0 Å². The molecule has 0 atom stereocenters. The highest BCUT2D eigenvalue weighted by Gasteiger charge is 2.13. The predicted octanol–water partition coefficient (Wildman–Crippen LogP) is 4.64. The zero-order valence-corrected chi connectivity index (χ0v) is 13.6. The molecule has 3 aromatic rings. The summed E-state index contributed by atoms with van der Waals surface area (Å²) in [5.41, 5.74) is 2.09. The van der Waals surface area contributed by atoms with E-state index < -0.39 is 0 Å². The molecule has 0 N–H and O–H groups in total. The highest BCUT2D eigenvalue weighted by Crippen LogP contribution is 2.38. The second kappa shape index (κ2) is 6.28. The minimum atomic E-state index is 0.714. The summed E-state index contributed by atoms with van der Waals surface area (Å²) < 4.78 is 10.8. The number of hydrogen-bond acceptors (Lipinski definition) is 4. The van der Waals surface area contributed by atoms with Crippen molar-refractivity contribution in [2.45, 2.75) is 4.90 Å². The standard InChI is InChI=1S/C18H17NO2S/c1-20-15-10-12-8-9-19-18(14(12)11-16(15)21-2)13-6-4-5-7-17(13)22-3/h4-11H,1-3H3. The molecule has 0 fully saturated rings. The van der Waals surface area contributed by atoms with Gasteiger partial charge in [-0.15, -0.1) is 11.8 Å². The van der Waals surface area contributed by atoms with Gasteiger partial charge in [0, 0.05) is 22.0 Å². The molecule has 2 aromatic carbocycles. The maximum atomic E-state index is 5.43. The Bertz CT molecular complexity index is 817.